The molecule has 126 valence electrons. The SMILES string of the molecule is C=C(C)C[C@@H](c1cc(F)cc(F)c1F)N1CCNCC1.Cl.Cl. The smallest absolute Gasteiger partial charge is 0.163 e. The predicted molar refractivity (Wildman–Crippen MR) is 87.4 cm³/mol. The molecular weight excluding hydrogens is 336 g/mol. The average molecular weight is 357 g/mol. The normalized spacial score (nSPS) is 16.4. The lowest BCUT2D eigenvalue weighted by Crippen LogP contribution is -2.45. The molecule has 1 aliphatic heterocycles. The molecule has 1 N–H and O–H groups in total. The number of rotatable bonds is 4. The van der Waals surface area contributed by atoms with Crippen molar-refractivity contribution in [3.05, 3.63) is 47.3 Å². The first-order valence-corrected chi connectivity index (χ1v) is 6.72. The van der Waals surface area contributed by atoms with E-state index < -0.39 is 17.5 Å². The molecule has 0 radical (unpaired) electrons. The predicted octanol–water partition coefficient (Wildman–Crippen LogP) is 3.86. The van der Waals surface area contributed by atoms with Crippen LogP contribution < -0.4 is 5.32 Å². The quantitative estimate of drug-likeness (QED) is 0.650. The number of hydrogen-bond acceptors (Lipinski definition) is 2. The topological polar surface area (TPSA) is 15.3 Å². The summed E-state index contributed by atoms with van der Waals surface area (Å²) in [4.78, 5) is 2.04. The zero-order valence-electron chi connectivity index (χ0n) is 12.4. The zero-order valence-corrected chi connectivity index (χ0v) is 14.0. The van der Waals surface area contributed by atoms with E-state index in [1.54, 1.807) is 0 Å². The van der Waals surface area contributed by atoms with Crippen LogP contribution in [0, 0.1) is 17.5 Å². The molecule has 0 bridgehead atoms. The molecule has 1 aromatic carbocycles. The van der Waals surface area contributed by atoms with Gasteiger partial charge in [0.2, 0.25) is 0 Å². The van der Waals surface area contributed by atoms with E-state index in [2.05, 4.69) is 11.9 Å². The standard InChI is InChI=1S/C15H19F3N2.2ClH/c1-10(2)7-14(20-5-3-19-4-6-20)12-8-11(16)9-13(17)15(12)18;;/h8-9,14,19H,1,3-7H2,2H3;2*1H/t14-;;/m0../s1. The molecule has 1 atom stereocenters. The molecule has 2 rings (SSSR count). The number of nitrogens with one attached hydrogen (secondary N) is 1. The van der Waals surface area contributed by atoms with Crippen molar-refractivity contribution in [3.8, 4) is 0 Å². The molecule has 0 saturated carbocycles. The van der Waals surface area contributed by atoms with Crippen LogP contribution in [0.4, 0.5) is 13.2 Å². The van der Waals surface area contributed by atoms with Gasteiger partial charge in [-0.15, -0.1) is 31.4 Å². The largest absolute Gasteiger partial charge is 0.314 e. The molecule has 22 heavy (non-hydrogen) atoms. The van der Waals surface area contributed by atoms with Crippen molar-refractivity contribution in [3.63, 3.8) is 0 Å². The van der Waals surface area contributed by atoms with Crippen LogP contribution in [-0.2, 0) is 0 Å². The fourth-order valence-corrected chi connectivity index (χ4v) is 2.58. The van der Waals surface area contributed by atoms with Crippen LogP contribution in [0.25, 0.3) is 0 Å². The summed E-state index contributed by atoms with van der Waals surface area (Å²) in [6.07, 6.45) is 0.486. The van der Waals surface area contributed by atoms with E-state index in [9.17, 15) is 13.2 Å². The molecule has 0 unspecified atom stereocenters. The van der Waals surface area contributed by atoms with E-state index >= 15 is 0 Å². The van der Waals surface area contributed by atoms with E-state index in [0.29, 0.717) is 12.5 Å². The summed E-state index contributed by atoms with van der Waals surface area (Å²) in [6.45, 7) is 8.68. The van der Waals surface area contributed by atoms with E-state index in [1.807, 2.05) is 11.8 Å². The second-order valence-corrected chi connectivity index (χ2v) is 5.25. The number of hydrogen-bond donors (Lipinski definition) is 1. The van der Waals surface area contributed by atoms with Gasteiger partial charge in [-0.1, -0.05) is 5.57 Å². The van der Waals surface area contributed by atoms with E-state index in [0.717, 1.165) is 37.8 Å². The molecule has 0 aliphatic carbocycles. The zero-order chi connectivity index (χ0) is 14.7. The lowest BCUT2D eigenvalue weighted by molar-refractivity contribution is 0.168. The molecule has 0 aromatic heterocycles. The Labute approximate surface area is 141 Å². The highest BCUT2D eigenvalue weighted by atomic mass is 35.5. The maximum Gasteiger partial charge on any atom is 0.163 e. The van der Waals surface area contributed by atoms with Crippen molar-refractivity contribution in [2.24, 2.45) is 0 Å². The van der Waals surface area contributed by atoms with E-state index in [1.165, 1.54) is 0 Å². The van der Waals surface area contributed by atoms with Gasteiger partial charge in [0.25, 0.3) is 0 Å². The second-order valence-electron chi connectivity index (χ2n) is 5.25. The highest BCUT2D eigenvalue weighted by molar-refractivity contribution is 5.85. The van der Waals surface area contributed by atoms with Gasteiger partial charge in [0.15, 0.2) is 11.6 Å². The van der Waals surface area contributed by atoms with Crippen molar-refractivity contribution < 1.29 is 13.2 Å². The third kappa shape index (κ3) is 5.16. The molecule has 1 heterocycles. The van der Waals surface area contributed by atoms with Gasteiger partial charge in [-0.25, -0.2) is 13.2 Å². The van der Waals surface area contributed by atoms with Gasteiger partial charge < -0.3 is 5.32 Å². The van der Waals surface area contributed by atoms with Crippen LogP contribution in [-0.4, -0.2) is 31.1 Å². The fourth-order valence-electron chi connectivity index (χ4n) is 2.58. The van der Waals surface area contributed by atoms with Crippen molar-refractivity contribution in [1.82, 2.24) is 10.2 Å². The summed E-state index contributed by atoms with van der Waals surface area (Å²) in [5.74, 6) is -2.85. The Morgan fingerprint density at radius 2 is 1.82 bits per heavy atom. The van der Waals surface area contributed by atoms with Gasteiger partial charge in [-0.2, -0.15) is 0 Å². The Morgan fingerprint density at radius 1 is 1.23 bits per heavy atom. The summed E-state index contributed by atoms with van der Waals surface area (Å²) in [7, 11) is 0. The van der Waals surface area contributed by atoms with Crippen LogP contribution in [0.3, 0.4) is 0 Å². The van der Waals surface area contributed by atoms with E-state index in [4.69, 9.17) is 0 Å². The number of benzene rings is 1. The first kappa shape index (κ1) is 21.2. The van der Waals surface area contributed by atoms with Crippen LogP contribution in [0.2, 0.25) is 0 Å². The third-order valence-corrected chi connectivity index (χ3v) is 3.51. The van der Waals surface area contributed by atoms with E-state index in [-0.39, 0.29) is 36.4 Å². The second kappa shape index (κ2) is 9.40. The number of nitrogens with zero attached hydrogens (tertiary/aromatic N) is 1. The summed E-state index contributed by atoms with van der Waals surface area (Å²) >= 11 is 0. The minimum atomic E-state index is -1.14. The summed E-state index contributed by atoms with van der Waals surface area (Å²) < 4.78 is 40.9. The fraction of sp³-hybridized carbons (Fsp3) is 0.467. The van der Waals surface area contributed by atoms with Gasteiger partial charge in [-0.3, -0.25) is 4.90 Å². The summed E-state index contributed by atoms with van der Waals surface area (Å²) in [5.41, 5.74) is 0.935. The maximum absolute atomic E-state index is 14.0. The first-order chi connectivity index (χ1) is 9.49. The van der Waals surface area contributed by atoms with Crippen LogP contribution in [0.15, 0.2) is 24.3 Å². The Morgan fingerprint density at radius 3 is 2.36 bits per heavy atom. The summed E-state index contributed by atoms with van der Waals surface area (Å²) in [6, 6.07) is 1.29. The highest BCUT2D eigenvalue weighted by Crippen LogP contribution is 2.31. The third-order valence-electron chi connectivity index (χ3n) is 3.51. The minimum absolute atomic E-state index is 0. The Hall–Kier alpha value is -0.750. The average Bonchev–Trinajstić information content (AvgIpc) is 2.41. The molecule has 0 amide bonds. The lowest BCUT2D eigenvalue weighted by atomic mass is 9.97. The van der Waals surface area contributed by atoms with Crippen LogP contribution >= 0.6 is 24.8 Å². The molecule has 1 saturated heterocycles. The van der Waals surface area contributed by atoms with Gasteiger partial charge in [0.1, 0.15) is 5.82 Å². The molecule has 1 aromatic rings. The van der Waals surface area contributed by atoms with Gasteiger partial charge in [0.05, 0.1) is 0 Å². The Bertz CT molecular complexity index is 506. The van der Waals surface area contributed by atoms with Crippen molar-refractivity contribution in [2.75, 3.05) is 26.2 Å². The molecular formula is C15H21Cl2F3N2. The monoisotopic (exact) mass is 356 g/mol. The molecule has 2 nitrogen and oxygen atoms in total. The van der Waals surface area contributed by atoms with Gasteiger partial charge >= 0.3 is 0 Å². The molecule has 7 heteroatoms. The van der Waals surface area contributed by atoms with Gasteiger partial charge in [-0.05, 0) is 19.4 Å². The molecule has 1 aliphatic rings. The number of halogens is 5. The van der Waals surface area contributed by atoms with Crippen molar-refractivity contribution in [1.29, 1.82) is 0 Å². The lowest BCUT2D eigenvalue weighted by Gasteiger charge is -2.35. The van der Waals surface area contributed by atoms with Gasteiger partial charge in [0, 0.05) is 43.9 Å². The Balaban J connectivity index is 0.00000220. The first-order valence-electron chi connectivity index (χ1n) is 6.72. The Kier molecular flexibility index (Phi) is 9.08. The highest BCUT2D eigenvalue weighted by Gasteiger charge is 2.26. The number of piperazine rings is 1. The van der Waals surface area contributed by atoms with Crippen LogP contribution in [0.5, 0.6) is 0 Å². The van der Waals surface area contributed by atoms with Crippen molar-refractivity contribution in [2.45, 2.75) is 19.4 Å². The maximum atomic E-state index is 14.0. The van der Waals surface area contributed by atoms with Crippen LogP contribution in [0.1, 0.15) is 24.9 Å². The summed E-state index contributed by atoms with van der Waals surface area (Å²) in [5, 5.41) is 3.21. The molecule has 1 fully saturated rings. The minimum Gasteiger partial charge on any atom is -0.314 e. The molecule has 0 spiro atoms. The van der Waals surface area contributed by atoms with Crippen molar-refractivity contribution >= 4 is 24.8 Å².